The van der Waals surface area contributed by atoms with Crippen LogP contribution in [0.25, 0.3) is 11.0 Å². The van der Waals surface area contributed by atoms with Crippen LogP contribution in [0.5, 0.6) is 5.75 Å². The predicted molar refractivity (Wildman–Crippen MR) is 84.7 cm³/mol. The lowest BCUT2D eigenvalue weighted by molar-refractivity contribution is 0.0446. The van der Waals surface area contributed by atoms with Gasteiger partial charge in [0.05, 0.1) is 0 Å². The molecule has 0 bridgehead atoms. The number of benzene rings is 2. The van der Waals surface area contributed by atoms with Crippen LogP contribution in [0, 0.1) is 0 Å². The summed E-state index contributed by atoms with van der Waals surface area (Å²) in [6.45, 7) is 0.245. The molecule has 5 nitrogen and oxygen atoms in total. The van der Waals surface area contributed by atoms with E-state index in [0.717, 1.165) is 0 Å². The van der Waals surface area contributed by atoms with Crippen molar-refractivity contribution in [2.24, 2.45) is 0 Å². The second kappa shape index (κ2) is 6.79. The Morgan fingerprint density at radius 1 is 0.957 bits per heavy atom. The summed E-state index contributed by atoms with van der Waals surface area (Å²) < 4.78 is 15.6. The first-order valence-electron chi connectivity index (χ1n) is 7.12. The van der Waals surface area contributed by atoms with Crippen LogP contribution in [0.1, 0.15) is 10.4 Å². The van der Waals surface area contributed by atoms with E-state index in [1.165, 1.54) is 6.07 Å². The number of fused-ring (bicyclic) bond motifs is 1. The van der Waals surface area contributed by atoms with Crippen LogP contribution in [0.2, 0.25) is 0 Å². The predicted octanol–water partition coefficient (Wildman–Crippen LogP) is 3.03. The molecular formula is C18H14O5. The molecule has 5 heteroatoms. The zero-order valence-electron chi connectivity index (χ0n) is 12.2. The minimum Gasteiger partial charge on any atom is -0.490 e. The Bertz CT molecular complexity index is 867. The molecule has 0 radical (unpaired) electrons. The summed E-state index contributed by atoms with van der Waals surface area (Å²) in [6.07, 6.45) is 0. The van der Waals surface area contributed by atoms with Gasteiger partial charge in [0.2, 0.25) is 0 Å². The van der Waals surface area contributed by atoms with Crippen molar-refractivity contribution in [1.82, 2.24) is 0 Å². The lowest BCUT2D eigenvalue weighted by atomic mass is 10.2. The van der Waals surface area contributed by atoms with E-state index in [4.69, 9.17) is 13.9 Å². The number of rotatable bonds is 5. The van der Waals surface area contributed by atoms with Crippen LogP contribution in [0.4, 0.5) is 0 Å². The Morgan fingerprint density at radius 2 is 1.70 bits per heavy atom. The zero-order chi connectivity index (χ0) is 16.1. The van der Waals surface area contributed by atoms with Crippen molar-refractivity contribution in [3.05, 3.63) is 76.6 Å². The number of esters is 1. The number of para-hydroxylation sites is 2. The first-order chi connectivity index (χ1) is 11.2. The summed E-state index contributed by atoms with van der Waals surface area (Å²) in [4.78, 5) is 23.8. The Labute approximate surface area is 132 Å². The smallest absolute Gasteiger partial charge is 0.351 e. The van der Waals surface area contributed by atoms with Crippen molar-refractivity contribution < 1.29 is 18.7 Å². The Morgan fingerprint density at radius 3 is 2.52 bits per heavy atom. The van der Waals surface area contributed by atoms with E-state index in [0.29, 0.717) is 16.7 Å². The summed E-state index contributed by atoms with van der Waals surface area (Å²) in [7, 11) is 0. The van der Waals surface area contributed by atoms with Crippen LogP contribution in [0.15, 0.2) is 69.9 Å². The van der Waals surface area contributed by atoms with Gasteiger partial charge in [0.1, 0.15) is 30.1 Å². The SMILES string of the molecule is O=C(OCCOc1ccccc1)c1cc2ccccc2oc1=O. The summed E-state index contributed by atoms with van der Waals surface area (Å²) in [6, 6.07) is 17.6. The van der Waals surface area contributed by atoms with Gasteiger partial charge in [-0.25, -0.2) is 9.59 Å². The number of carbonyl (C=O) groups is 1. The highest BCUT2D eigenvalue weighted by Gasteiger charge is 2.15. The van der Waals surface area contributed by atoms with Gasteiger partial charge in [0.15, 0.2) is 0 Å². The molecule has 0 amide bonds. The molecule has 3 aromatic rings. The first kappa shape index (κ1) is 14.8. The van der Waals surface area contributed by atoms with Gasteiger partial charge in [-0.3, -0.25) is 0 Å². The highest BCUT2D eigenvalue weighted by molar-refractivity contribution is 5.92. The molecule has 116 valence electrons. The zero-order valence-corrected chi connectivity index (χ0v) is 12.2. The number of ether oxygens (including phenoxy) is 2. The summed E-state index contributed by atoms with van der Waals surface area (Å²) in [5, 5.41) is 0.666. The summed E-state index contributed by atoms with van der Waals surface area (Å²) in [5.74, 6) is -0.0325. The normalized spacial score (nSPS) is 10.4. The number of hydrogen-bond acceptors (Lipinski definition) is 5. The van der Waals surface area contributed by atoms with Gasteiger partial charge in [-0.05, 0) is 24.3 Å². The molecular weight excluding hydrogens is 296 g/mol. The van der Waals surface area contributed by atoms with Crippen molar-refractivity contribution >= 4 is 16.9 Å². The van der Waals surface area contributed by atoms with Gasteiger partial charge in [-0.15, -0.1) is 0 Å². The lowest BCUT2D eigenvalue weighted by Crippen LogP contribution is -2.19. The van der Waals surface area contributed by atoms with Gasteiger partial charge in [0, 0.05) is 5.39 Å². The topological polar surface area (TPSA) is 65.7 Å². The fraction of sp³-hybridized carbons (Fsp3) is 0.111. The molecule has 0 aliphatic heterocycles. The van der Waals surface area contributed by atoms with Gasteiger partial charge in [0.25, 0.3) is 0 Å². The van der Waals surface area contributed by atoms with E-state index < -0.39 is 11.6 Å². The second-order valence-electron chi connectivity index (χ2n) is 4.78. The Hall–Kier alpha value is -3.08. The van der Waals surface area contributed by atoms with Crippen LogP contribution in [-0.4, -0.2) is 19.2 Å². The van der Waals surface area contributed by atoms with Gasteiger partial charge in [-0.2, -0.15) is 0 Å². The average Bonchev–Trinajstić information content (AvgIpc) is 2.59. The van der Waals surface area contributed by atoms with E-state index in [9.17, 15) is 9.59 Å². The maximum absolute atomic E-state index is 12.0. The quantitative estimate of drug-likeness (QED) is 0.412. The minimum absolute atomic E-state index is 0.0417. The van der Waals surface area contributed by atoms with Crippen LogP contribution in [0.3, 0.4) is 0 Å². The second-order valence-corrected chi connectivity index (χ2v) is 4.78. The van der Waals surface area contributed by atoms with Gasteiger partial charge < -0.3 is 13.9 Å². The highest BCUT2D eigenvalue weighted by atomic mass is 16.6. The monoisotopic (exact) mass is 310 g/mol. The maximum atomic E-state index is 12.0. The van der Waals surface area contributed by atoms with Crippen molar-refractivity contribution in [2.45, 2.75) is 0 Å². The molecule has 1 aromatic heterocycles. The Balaban J connectivity index is 1.62. The van der Waals surface area contributed by atoms with Crippen LogP contribution < -0.4 is 10.4 Å². The van der Waals surface area contributed by atoms with Gasteiger partial charge in [-0.1, -0.05) is 36.4 Å². The van der Waals surface area contributed by atoms with Crippen molar-refractivity contribution in [3.63, 3.8) is 0 Å². The molecule has 0 spiro atoms. The first-order valence-corrected chi connectivity index (χ1v) is 7.12. The molecule has 0 N–H and O–H groups in total. The molecule has 23 heavy (non-hydrogen) atoms. The van der Waals surface area contributed by atoms with Crippen LogP contribution >= 0.6 is 0 Å². The van der Waals surface area contributed by atoms with E-state index in [1.54, 1.807) is 36.4 Å². The third-order valence-corrected chi connectivity index (χ3v) is 3.19. The molecule has 3 rings (SSSR count). The fourth-order valence-corrected chi connectivity index (χ4v) is 2.09. The third kappa shape index (κ3) is 3.58. The number of carbonyl (C=O) groups excluding carboxylic acids is 1. The van der Waals surface area contributed by atoms with Crippen molar-refractivity contribution in [1.29, 1.82) is 0 Å². The molecule has 0 unspecified atom stereocenters. The van der Waals surface area contributed by atoms with Crippen molar-refractivity contribution in [2.75, 3.05) is 13.2 Å². The summed E-state index contributed by atoms with van der Waals surface area (Å²) >= 11 is 0. The molecule has 0 saturated carbocycles. The lowest BCUT2D eigenvalue weighted by Gasteiger charge is -2.07. The fourth-order valence-electron chi connectivity index (χ4n) is 2.09. The molecule has 1 heterocycles. The summed E-state index contributed by atoms with van der Waals surface area (Å²) in [5.41, 5.74) is -0.400. The van der Waals surface area contributed by atoms with E-state index in [-0.39, 0.29) is 18.8 Å². The standard InChI is InChI=1S/C18H14O5/c19-17(22-11-10-21-14-7-2-1-3-8-14)15-12-13-6-4-5-9-16(13)23-18(15)20/h1-9,12H,10-11H2. The molecule has 0 aliphatic rings. The molecule has 0 saturated heterocycles. The van der Waals surface area contributed by atoms with E-state index >= 15 is 0 Å². The van der Waals surface area contributed by atoms with Crippen LogP contribution in [-0.2, 0) is 4.74 Å². The largest absolute Gasteiger partial charge is 0.490 e. The minimum atomic E-state index is -0.721. The molecule has 0 fully saturated rings. The maximum Gasteiger partial charge on any atom is 0.351 e. The average molecular weight is 310 g/mol. The highest BCUT2D eigenvalue weighted by Crippen LogP contribution is 2.13. The van der Waals surface area contributed by atoms with Crippen molar-refractivity contribution in [3.8, 4) is 5.75 Å². The Kier molecular flexibility index (Phi) is 4.38. The van der Waals surface area contributed by atoms with Gasteiger partial charge >= 0.3 is 11.6 Å². The molecule has 0 atom stereocenters. The molecule has 2 aromatic carbocycles. The number of hydrogen-bond donors (Lipinski definition) is 0. The van der Waals surface area contributed by atoms with E-state index in [1.807, 2.05) is 18.2 Å². The van der Waals surface area contributed by atoms with E-state index in [2.05, 4.69) is 0 Å². The third-order valence-electron chi connectivity index (χ3n) is 3.19. The molecule has 0 aliphatic carbocycles.